The normalized spacial score (nSPS) is 16.6. The molecule has 0 aromatic carbocycles. The van der Waals surface area contributed by atoms with Crippen LogP contribution in [0.5, 0.6) is 0 Å². The topological polar surface area (TPSA) is 6.48 Å². The summed E-state index contributed by atoms with van der Waals surface area (Å²) in [4.78, 5) is 1.78. The Morgan fingerprint density at radius 3 is 1.69 bits per heavy atom. The fourth-order valence-electron chi connectivity index (χ4n) is 1.40. The molecular formula is C9H24F3N2PSi. The maximum atomic E-state index is 13.9. The molecule has 0 saturated heterocycles. The Hall–Kier alpha value is 0.357. The average molecular weight is 276 g/mol. The first kappa shape index (κ1) is 16.4. The second-order valence-electron chi connectivity index (χ2n) is 5.82. The summed E-state index contributed by atoms with van der Waals surface area (Å²) in [6.45, 7) is 5.82. The van der Waals surface area contributed by atoms with Crippen molar-refractivity contribution in [1.82, 2.24) is 9.57 Å². The van der Waals surface area contributed by atoms with Crippen LogP contribution in [0, 0.1) is 0 Å². The third-order valence-corrected chi connectivity index (χ3v) is 9.48. The predicted molar refractivity (Wildman–Crippen MR) is 69.6 cm³/mol. The van der Waals surface area contributed by atoms with Gasteiger partial charge in [-0.1, -0.05) is 0 Å². The molecule has 7 heteroatoms. The maximum absolute atomic E-state index is 13.9. The van der Waals surface area contributed by atoms with Crippen molar-refractivity contribution in [2.75, 3.05) is 40.0 Å². The quantitative estimate of drug-likeness (QED) is 0.541. The number of nitrogens with zero attached hydrogens (tertiary/aromatic N) is 2. The Bertz CT molecular complexity index is 235. The molecule has 0 fully saturated rings. The van der Waals surface area contributed by atoms with Crippen LogP contribution >= 0.6 is 7.69 Å². The van der Waals surface area contributed by atoms with Crippen molar-refractivity contribution in [2.45, 2.75) is 19.6 Å². The molecule has 2 nitrogen and oxygen atoms in total. The van der Waals surface area contributed by atoms with E-state index >= 15 is 0 Å². The van der Waals surface area contributed by atoms with Gasteiger partial charge < -0.3 is 0 Å². The Kier molecular flexibility index (Phi) is 5.03. The molecule has 0 aliphatic heterocycles. The zero-order valence-corrected chi connectivity index (χ0v) is 13.0. The fraction of sp³-hybridized carbons (Fsp3) is 1.00. The van der Waals surface area contributed by atoms with Gasteiger partial charge in [-0.25, -0.2) is 0 Å². The molecule has 0 bridgehead atoms. The van der Waals surface area contributed by atoms with Gasteiger partial charge in [0.05, 0.1) is 0 Å². The van der Waals surface area contributed by atoms with Crippen LogP contribution in [0.15, 0.2) is 0 Å². The SMILES string of the molecule is CN(C)CCN(C)P(F)(F)(F)C[Si](C)(C)C. The molecule has 0 N–H and O–H groups in total. The number of hydrogen-bond acceptors (Lipinski definition) is 2. The van der Waals surface area contributed by atoms with E-state index in [4.69, 9.17) is 0 Å². The molecule has 0 aliphatic rings. The van der Waals surface area contributed by atoms with E-state index < -0.39 is 21.5 Å². The average Bonchev–Trinajstić information content (AvgIpc) is 1.93. The van der Waals surface area contributed by atoms with E-state index in [0.29, 0.717) is 11.2 Å². The minimum atomic E-state index is -6.11. The molecule has 0 rings (SSSR count). The first-order valence-electron chi connectivity index (χ1n) is 5.35. The van der Waals surface area contributed by atoms with Crippen LogP contribution in [0.2, 0.25) is 19.6 Å². The molecule has 0 aliphatic carbocycles. The summed E-state index contributed by atoms with van der Waals surface area (Å²) >= 11 is 0. The molecule has 0 unspecified atom stereocenters. The molecule has 0 radical (unpaired) electrons. The van der Waals surface area contributed by atoms with Gasteiger partial charge in [0.2, 0.25) is 0 Å². The zero-order valence-electron chi connectivity index (χ0n) is 11.1. The number of halogens is 3. The molecule has 0 amide bonds. The van der Waals surface area contributed by atoms with E-state index in [1.165, 1.54) is 7.05 Å². The van der Waals surface area contributed by atoms with Gasteiger partial charge in [-0.15, -0.1) is 0 Å². The summed E-state index contributed by atoms with van der Waals surface area (Å²) < 4.78 is 42.2. The molecule has 100 valence electrons. The monoisotopic (exact) mass is 276 g/mol. The van der Waals surface area contributed by atoms with Gasteiger partial charge in [0, 0.05) is 0 Å². The van der Waals surface area contributed by atoms with E-state index in [9.17, 15) is 12.6 Å². The second kappa shape index (κ2) is 4.92. The summed E-state index contributed by atoms with van der Waals surface area (Å²) in [6, 6.07) is 0. The first-order chi connectivity index (χ1) is 6.82. The van der Waals surface area contributed by atoms with Gasteiger partial charge in [-0.2, -0.15) is 0 Å². The van der Waals surface area contributed by atoms with E-state index in [1.807, 2.05) is 0 Å². The molecule has 0 aromatic heterocycles. The number of likely N-dealkylation sites (N-methyl/N-ethyl adjacent to an activating group) is 2. The first-order valence-corrected chi connectivity index (χ1v) is 11.1. The third-order valence-electron chi connectivity index (χ3n) is 2.22. The van der Waals surface area contributed by atoms with Crippen molar-refractivity contribution in [3.05, 3.63) is 0 Å². The van der Waals surface area contributed by atoms with Crippen molar-refractivity contribution in [3.8, 4) is 0 Å². The molecule has 0 saturated carbocycles. The van der Waals surface area contributed by atoms with Crippen LogP contribution in [0.3, 0.4) is 0 Å². The van der Waals surface area contributed by atoms with Crippen molar-refractivity contribution < 1.29 is 12.6 Å². The van der Waals surface area contributed by atoms with Gasteiger partial charge in [-0.05, 0) is 0 Å². The van der Waals surface area contributed by atoms with Crippen LogP contribution in [0.1, 0.15) is 0 Å². The van der Waals surface area contributed by atoms with Crippen LogP contribution in [0.25, 0.3) is 0 Å². The van der Waals surface area contributed by atoms with Gasteiger partial charge in [0.1, 0.15) is 0 Å². The standard InChI is InChI=1S/C9H24F3N2PSi/c1-13(2)7-8-14(3)15(10,11,12)9-16(4,5)6/h7-9H2,1-6H3. The van der Waals surface area contributed by atoms with Crippen LogP contribution in [0.4, 0.5) is 12.6 Å². The Morgan fingerprint density at radius 2 is 1.38 bits per heavy atom. The summed E-state index contributed by atoms with van der Waals surface area (Å²) in [7, 11) is -3.45. The molecule has 0 atom stereocenters. The number of rotatable bonds is 6. The predicted octanol–water partition coefficient (Wildman–Crippen LogP) is 3.48. The Balaban J connectivity index is 4.59. The van der Waals surface area contributed by atoms with Crippen molar-refractivity contribution in [1.29, 1.82) is 0 Å². The summed E-state index contributed by atoms with van der Waals surface area (Å²) in [5.74, 6) is -0.539. The van der Waals surface area contributed by atoms with E-state index in [2.05, 4.69) is 0 Å². The van der Waals surface area contributed by atoms with Gasteiger partial charge in [0.25, 0.3) is 0 Å². The van der Waals surface area contributed by atoms with Crippen molar-refractivity contribution in [3.63, 3.8) is 0 Å². The van der Waals surface area contributed by atoms with Crippen LogP contribution in [-0.4, -0.2) is 57.7 Å². The molecular weight excluding hydrogens is 252 g/mol. The third kappa shape index (κ3) is 6.18. The molecule has 0 spiro atoms. The minimum absolute atomic E-state index is 0.0683. The summed E-state index contributed by atoms with van der Waals surface area (Å²) in [6.07, 6.45) is 0. The van der Waals surface area contributed by atoms with E-state index in [-0.39, 0.29) is 6.54 Å². The second-order valence-corrected chi connectivity index (χ2v) is 14.7. The summed E-state index contributed by atoms with van der Waals surface area (Å²) in [5.41, 5.74) is 0. The van der Waals surface area contributed by atoms with Gasteiger partial charge in [0.15, 0.2) is 0 Å². The van der Waals surface area contributed by atoms with Crippen molar-refractivity contribution in [2.24, 2.45) is 0 Å². The Morgan fingerprint density at radius 1 is 0.938 bits per heavy atom. The van der Waals surface area contributed by atoms with Gasteiger partial charge in [-0.3, -0.25) is 0 Å². The van der Waals surface area contributed by atoms with E-state index in [1.54, 1.807) is 38.6 Å². The fourth-order valence-corrected chi connectivity index (χ4v) is 8.82. The zero-order chi connectivity index (χ0) is 13.2. The van der Waals surface area contributed by atoms with Crippen LogP contribution in [-0.2, 0) is 0 Å². The molecule has 0 heterocycles. The van der Waals surface area contributed by atoms with Crippen molar-refractivity contribution >= 4 is 15.8 Å². The van der Waals surface area contributed by atoms with E-state index in [0.717, 1.165) is 0 Å². The summed E-state index contributed by atoms with van der Waals surface area (Å²) in [5, 5.41) is 0. The molecule has 0 aromatic rings. The Labute approximate surface area is 98.1 Å². The number of hydrogen-bond donors (Lipinski definition) is 0. The van der Waals surface area contributed by atoms with Crippen LogP contribution < -0.4 is 0 Å². The molecule has 16 heavy (non-hydrogen) atoms. The van der Waals surface area contributed by atoms with Gasteiger partial charge >= 0.3 is 97.6 Å².